The van der Waals surface area contributed by atoms with Crippen LogP contribution in [0.2, 0.25) is 0 Å². The predicted octanol–water partition coefficient (Wildman–Crippen LogP) is 3.92. The van der Waals surface area contributed by atoms with Crippen LogP contribution >= 0.6 is 0 Å². The molecule has 1 saturated heterocycles. The summed E-state index contributed by atoms with van der Waals surface area (Å²) in [5.41, 5.74) is 3.12. The quantitative estimate of drug-likeness (QED) is 0.489. The minimum absolute atomic E-state index is 0.449. The molecule has 1 aliphatic heterocycles. The van der Waals surface area contributed by atoms with Crippen molar-refractivity contribution in [1.29, 1.82) is 0 Å². The van der Waals surface area contributed by atoms with Crippen molar-refractivity contribution in [2.24, 2.45) is 5.84 Å². The van der Waals surface area contributed by atoms with Gasteiger partial charge in [0.15, 0.2) is 0 Å². The normalized spacial score (nSPS) is 15.8. The van der Waals surface area contributed by atoms with Gasteiger partial charge in [0.2, 0.25) is 0 Å². The van der Waals surface area contributed by atoms with Crippen LogP contribution in [0.4, 0.5) is 0 Å². The summed E-state index contributed by atoms with van der Waals surface area (Å²) < 4.78 is 13.9. The number of hydrogen-bond donors (Lipinski definition) is 1. The SMILES string of the molecule is NN1CCCCC1=C(c1ccccc1OCCOc1ccccc1)n1ccnc1. The summed E-state index contributed by atoms with van der Waals surface area (Å²) in [7, 11) is 0. The molecule has 0 bridgehead atoms. The van der Waals surface area contributed by atoms with Crippen molar-refractivity contribution >= 4 is 5.70 Å². The largest absolute Gasteiger partial charge is 0.490 e. The van der Waals surface area contributed by atoms with E-state index in [9.17, 15) is 0 Å². The minimum atomic E-state index is 0.449. The van der Waals surface area contributed by atoms with E-state index in [1.54, 1.807) is 12.5 Å². The molecule has 2 aromatic carbocycles. The highest BCUT2D eigenvalue weighted by atomic mass is 16.5. The molecule has 0 spiro atoms. The number of aromatic nitrogens is 2. The molecule has 1 aromatic heterocycles. The van der Waals surface area contributed by atoms with E-state index in [1.165, 1.54) is 0 Å². The standard InChI is InChI=1S/C23H26N4O2/c24-27-14-7-6-11-21(27)23(26-15-13-25-18-26)20-10-4-5-12-22(20)29-17-16-28-19-8-2-1-3-9-19/h1-5,8-10,12-13,15,18H,6-7,11,14,16-17,24H2. The van der Waals surface area contributed by atoms with E-state index >= 15 is 0 Å². The van der Waals surface area contributed by atoms with E-state index in [4.69, 9.17) is 15.3 Å². The van der Waals surface area contributed by atoms with Gasteiger partial charge in [-0.15, -0.1) is 0 Å². The molecule has 2 heterocycles. The second-order valence-electron chi connectivity index (χ2n) is 6.92. The summed E-state index contributed by atoms with van der Waals surface area (Å²) in [5, 5.41) is 1.86. The van der Waals surface area contributed by atoms with Crippen LogP contribution in [-0.4, -0.2) is 34.3 Å². The molecule has 6 nitrogen and oxygen atoms in total. The number of nitrogens with zero attached hydrogens (tertiary/aromatic N) is 3. The van der Waals surface area contributed by atoms with Gasteiger partial charge in [-0.05, 0) is 43.5 Å². The van der Waals surface area contributed by atoms with Crippen LogP contribution in [0.5, 0.6) is 11.5 Å². The molecule has 0 aliphatic carbocycles. The van der Waals surface area contributed by atoms with E-state index in [0.29, 0.717) is 13.2 Å². The molecule has 0 atom stereocenters. The van der Waals surface area contributed by atoms with Gasteiger partial charge in [0, 0.05) is 24.5 Å². The fourth-order valence-corrected chi connectivity index (χ4v) is 3.56. The Morgan fingerprint density at radius 3 is 2.55 bits per heavy atom. The number of ether oxygens (including phenoxy) is 2. The zero-order valence-electron chi connectivity index (χ0n) is 16.4. The molecule has 2 N–H and O–H groups in total. The van der Waals surface area contributed by atoms with Crippen LogP contribution < -0.4 is 15.3 Å². The molecule has 1 fully saturated rings. The van der Waals surface area contributed by atoms with Crippen molar-refractivity contribution in [3.63, 3.8) is 0 Å². The molecule has 0 saturated carbocycles. The fraction of sp³-hybridized carbons (Fsp3) is 0.261. The molecule has 150 valence electrons. The Hall–Kier alpha value is -3.25. The Morgan fingerprint density at radius 1 is 0.966 bits per heavy atom. The van der Waals surface area contributed by atoms with Gasteiger partial charge in [-0.25, -0.2) is 10.8 Å². The Kier molecular flexibility index (Phi) is 6.12. The lowest BCUT2D eigenvalue weighted by Crippen LogP contribution is -2.35. The van der Waals surface area contributed by atoms with Gasteiger partial charge in [-0.3, -0.25) is 0 Å². The predicted molar refractivity (Wildman–Crippen MR) is 113 cm³/mol. The third-order valence-electron chi connectivity index (χ3n) is 4.94. The van der Waals surface area contributed by atoms with Crippen molar-refractivity contribution in [3.8, 4) is 11.5 Å². The van der Waals surface area contributed by atoms with Crippen LogP contribution in [0.15, 0.2) is 79.0 Å². The Labute approximate surface area is 171 Å². The molecular formula is C23H26N4O2. The number of hydrazine groups is 1. The van der Waals surface area contributed by atoms with E-state index in [2.05, 4.69) is 11.1 Å². The summed E-state index contributed by atoms with van der Waals surface area (Å²) in [6.45, 7) is 1.77. The van der Waals surface area contributed by atoms with Crippen molar-refractivity contribution in [2.75, 3.05) is 19.8 Å². The van der Waals surface area contributed by atoms with Gasteiger partial charge >= 0.3 is 0 Å². The molecule has 29 heavy (non-hydrogen) atoms. The Bertz CT molecular complexity index is 939. The van der Waals surface area contributed by atoms with Crippen molar-refractivity contribution in [3.05, 3.63) is 84.6 Å². The number of imidazole rings is 1. The summed E-state index contributed by atoms with van der Waals surface area (Å²) in [5.74, 6) is 7.98. The van der Waals surface area contributed by atoms with Crippen LogP contribution in [0.1, 0.15) is 24.8 Å². The molecule has 0 unspecified atom stereocenters. The van der Waals surface area contributed by atoms with Gasteiger partial charge in [-0.1, -0.05) is 30.3 Å². The van der Waals surface area contributed by atoms with Gasteiger partial charge in [0.1, 0.15) is 24.7 Å². The molecule has 3 aromatic rings. The first kappa shape index (κ1) is 19.1. The van der Waals surface area contributed by atoms with E-state index in [-0.39, 0.29) is 0 Å². The van der Waals surface area contributed by atoms with Crippen LogP contribution in [0.25, 0.3) is 5.70 Å². The molecule has 6 heteroatoms. The first-order valence-corrected chi connectivity index (χ1v) is 9.96. The van der Waals surface area contributed by atoms with Crippen LogP contribution in [-0.2, 0) is 0 Å². The van der Waals surface area contributed by atoms with Crippen molar-refractivity contribution in [1.82, 2.24) is 14.6 Å². The third kappa shape index (κ3) is 4.60. The van der Waals surface area contributed by atoms with Gasteiger partial charge < -0.3 is 19.0 Å². The number of benzene rings is 2. The molecule has 1 aliphatic rings. The molecule has 0 radical (unpaired) electrons. The Morgan fingerprint density at radius 2 is 1.76 bits per heavy atom. The number of para-hydroxylation sites is 2. The summed E-state index contributed by atoms with van der Waals surface area (Å²) in [6.07, 6.45) is 8.68. The molecular weight excluding hydrogens is 364 g/mol. The second kappa shape index (κ2) is 9.30. The maximum Gasteiger partial charge on any atom is 0.128 e. The third-order valence-corrected chi connectivity index (χ3v) is 4.94. The average molecular weight is 390 g/mol. The number of nitrogens with two attached hydrogens (primary N) is 1. The number of piperidine rings is 1. The van der Waals surface area contributed by atoms with Gasteiger partial charge in [0.05, 0.1) is 17.7 Å². The zero-order chi connectivity index (χ0) is 19.9. The van der Waals surface area contributed by atoms with E-state index in [1.807, 2.05) is 64.3 Å². The number of hydrogen-bond acceptors (Lipinski definition) is 5. The summed E-state index contributed by atoms with van der Waals surface area (Å²) in [6, 6.07) is 17.8. The summed E-state index contributed by atoms with van der Waals surface area (Å²) >= 11 is 0. The summed E-state index contributed by atoms with van der Waals surface area (Å²) in [4.78, 5) is 4.24. The first-order chi connectivity index (χ1) is 14.3. The number of allylic oxidation sites excluding steroid dienone is 1. The van der Waals surface area contributed by atoms with Crippen molar-refractivity contribution in [2.45, 2.75) is 19.3 Å². The highest BCUT2D eigenvalue weighted by Gasteiger charge is 2.21. The lowest BCUT2D eigenvalue weighted by molar-refractivity contribution is 0.216. The minimum Gasteiger partial charge on any atom is -0.490 e. The van der Waals surface area contributed by atoms with Gasteiger partial charge in [0.25, 0.3) is 0 Å². The lowest BCUT2D eigenvalue weighted by atomic mass is 10.0. The van der Waals surface area contributed by atoms with Crippen molar-refractivity contribution < 1.29 is 9.47 Å². The van der Waals surface area contributed by atoms with E-state index < -0.39 is 0 Å². The average Bonchev–Trinajstić information content (AvgIpc) is 3.29. The fourth-order valence-electron chi connectivity index (χ4n) is 3.56. The monoisotopic (exact) mass is 390 g/mol. The maximum atomic E-state index is 6.34. The number of rotatable bonds is 7. The van der Waals surface area contributed by atoms with Gasteiger partial charge in [-0.2, -0.15) is 0 Å². The second-order valence-corrected chi connectivity index (χ2v) is 6.92. The van der Waals surface area contributed by atoms with Crippen LogP contribution in [0, 0.1) is 0 Å². The highest BCUT2D eigenvalue weighted by molar-refractivity contribution is 5.73. The first-order valence-electron chi connectivity index (χ1n) is 9.96. The topological polar surface area (TPSA) is 65.5 Å². The van der Waals surface area contributed by atoms with E-state index in [0.717, 1.165) is 54.3 Å². The molecule has 4 rings (SSSR count). The maximum absolute atomic E-state index is 6.34. The highest BCUT2D eigenvalue weighted by Crippen LogP contribution is 2.33. The lowest BCUT2D eigenvalue weighted by Gasteiger charge is -2.30. The smallest absolute Gasteiger partial charge is 0.128 e. The van der Waals surface area contributed by atoms with Crippen LogP contribution in [0.3, 0.4) is 0 Å². The Balaban J connectivity index is 1.57. The zero-order valence-corrected chi connectivity index (χ0v) is 16.4. The molecule has 0 amide bonds.